The van der Waals surface area contributed by atoms with Crippen LogP contribution in [0, 0.1) is 0 Å². The molecule has 0 aromatic rings. The van der Waals surface area contributed by atoms with Crippen LogP contribution in [0.25, 0.3) is 0 Å². The number of carbonyl (C=O) groups excluding carboxylic acids is 3. The predicted molar refractivity (Wildman–Crippen MR) is 320 cm³/mol. The summed E-state index contributed by atoms with van der Waals surface area (Å²) in [5.74, 6) is -0.918. The van der Waals surface area contributed by atoms with Crippen LogP contribution in [0.4, 0.5) is 0 Å². The van der Waals surface area contributed by atoms with Crippen LogP contribution in [0.3, 0.4) is 0 Å². The standard InChI is InChI=1S/C68H112O6/c1-4-7-10-13-16-19-22-24-26-27-28-29-30-31-32-33-34-35-36-37-38-39-40-41-42-44-46-49-52-55-58-61-67(70)73-64-65(63-72-66(69)60-57-54-51-48-45-21-18-15-12-9-6-3)74-68(71)62-59-56-53-50-47-43-25-23-20-17-14-11-8-5-2/h7,10,14,16-17,19,23-26,28-29,31-32,34-35,37-38,40-41,65H,4-6,8-9,11-13,15,18,20-22,27,30,33,36,39,42-64H2,1-3H3/b10-7-,17-14-,19-16-,25-23-,26-24-,29-28-,32-31-,35-34-,38-37-,41-40-. The number of hydrogen-bond donors (Lipinski definition) is 0. The van der Waals surface area contributed by atoms with Gasteiger partial charge in [0.1, 0.15) is 13.2 Å². The first-order valence-corrected chi connectivity index (χ1v) is 30.5. The van der Waals surface area contributed by atoms with Crippen molar-refractivity contribution in [2.45, 2.75) is 277 Å². The quantitative estimate of drug-likeness (QED) is 0.0261. The lowest BCUT2D eigenvalue weighted by Gasteiger charge is -2.18. The fourth-order valence-electron chi connectivity index (χ4n) is 8.12. The van der Waals surface area contributed by atoms with Crippen molar-refractivity contribution >= 4 is 17.9 Å². The first-order chi connectivity index (χ1) is 36.5. The maximum Gasteiger partial charge on any atom is 0.306 e. The van der Waals surface area contributed by atoms with Crippen molar-refractivity contribution in [3.63, 3.8) is 0 Å². The largest absolute Gasteiger partial charge is 0.462 e. The molecule has 0 heterocycles. The Morgan fingerprint density at radius 1 is 0.284 bits per heavy atom. The van der Waals surface area contributed by atoms with Gasteiger partial charge in [-0.25, -0.2) is 0 Å². The summed E-state index contributed by atoms with van der Waals surface area (Å²) >= 11 is 0. The Hall–Kier alpha value is -4.19. The zero-order chi connectivity index (χ0) is 53.6. The van der Waals surface area contributed by atoms with Crippen LogP contribution in [0.2, 0.25) is 0 Å². The molecule has 74 heavy (non-hydrogen) atoms. The average molecular weight is 1030 g/mol. The van der Waals surface area contributed by atoms with E-state index in [0.717, 1.165) is 148 Å². The third-order valence-corrected chi connectivity index (χ3v) is 12.7. The van der Waals surface area contributed by atoms with Crippen LogP contribution in [0.1, 0.15) is 271 Å². The van der Waals surface area contributed by atoms with Crippen LogP contribution in [-0.2, 0) is 28.6 Å². The number of esters is 3. The van der Waals surface area contributed by atoms with Gasteiger partial charge >= 0.3 is 17.9 Å². The van der Waals surface area contributed by atoms with Crippen LogP contribution in [0.15, 0.2) is 122 Å². The Labute approximate surface area is 456 Å². The van der Waals surface area contributed by atoms with Crippen molar-refractivity contribution in [1.29, 1.82) is 0 Å². The second-order valence-corrected chi connectivity index (χ2v) is 19.9. The van der Waals surface area contributed by atoms with Gasteiger partial charge in [-0.15, -0.1) is 0 Å². The van der Waals surface area contributed by atoms with E-state index >= 15 is 0 Å². The molecule has 1 atom stereocenters. The minimum absolute atomic E-state index is 0.0884. The molecular weight excluding hydrogens is 913 g/mol. The molecule has 0 amide bonds. The molecule has 0 aliphatic carbocycles. The topological polar surface area (TPSA) is 78.9 Å². The highest BCUT2D eigenvalue weighted by atomic mass is 16.6. The highest BCUT2D eigenvalue weighted by Crippen LogP contribution is 2.15. The van der Waals surface area contributed by atoms with Gasteiger partial charge in [-0.2, -0.15) is 0 Å². The fourth-order valence-corrected chi connectivity index (χ4v) is 8.12. The lowest BCUT2D eigenvalue weighted by molar-refractivity contribution is -0.167. The summed E-state index contributed by atoms with van der Waals surface area (Å²) in [5, 5.41) is 0. The van der Waals surface area contributed by atoms with Crippen molar-refractivity contribution < 1.29 is 28.6 Å². The van der Waals surface area contributed by atoms with Crippen LogP contribution < -0.4 is 0 Å². The maximum absolute atomic E-state index is 12.8. The number of rotatable bonds is 54. The molecular formula is C68H112O6. The number of hydrogen-bond acceptors (Lipinski definition) is 6. The molecule has 0 bridgehead atoms. The van der Waals surface area contributed by atoms with Gasteiger partial charge in [-0.05, 0) is 109 Å². The highest BCUT2D eigenvalue weighted by molar-refractivity contribution is 5.71. The SMILES string of the molecule is CC/C=C\C/C=C\C/C=C\C/C=C\C/C=C\C/C=C\C/C=C\C/C=C\CCCCCCCCC(=O)OCC(COC(=O)CCCCCCCCCCCCC)OC(=O)CCCCCCC/C=C\C/C=C\CCCC. The van der Waals surface area contributed by atoms with Gasteiger partial charge in [0.2, 0.25) is 0 Å². The summed E-state index contributed by atoms with van der Waals surface area (Å²) in [4.78, 5) is 38.1. The first kappa shape index (κ1) is 69.8. The van der Waals surface area contributed by atoms with Gasteiger partial charge in [0.25, 0.3) is 0 Å². The molecule has 0 aliphatic heterocycles. The predicted octanol–water partition coefficient (Wildman–Crippen LogP) is 20.8. The van der Waals surface area contributed by atoms with Crippen molar-refractivity contribution in [2.75, 3.05) is 13.2 Å². The molecule has 0 spiro atoms. The van der Waals surface area contributed by atoms with Crippen LogP contribution >= 0.6 is 0 Å². The molecule has 0 fully saturated rings. The third kappa shape index (κ3) is 58.7. The Balaban J connectivity index is 4.29. The smallest absolute Gasteiger partial charge is 0.306 e. The summed E-state index contributed by atoms with van der Waals surface area (Å²) in [7, 11) is 0. The first-order valence-electron chi connectivity index (χ1n) is 30.5. The van der Waals surface area contributed by atoms with E-state index in [9.17, 15) is 14.4 Å². The Morgan fingerprint density at radius 3 is 0.865 bits per heavy atom. The molecule has 0 radical (unpaired) electrons. The van der Waals surface area contributed by atoms with Crippen LogP contribution in [-0.4, -0.2) is 37.2 Å². The van der Waals surface area contributed by atoms with Gasteiger partial charge in [-0.1, -0.05) is 264 Å². The molecule has 0 aliphatic rings. The molecule has 1 unspecified atom stereocenters. The Bertz CT molecular complexity index is 1550. The van der Waals surface area contributed by atoms with E-state index in [0.29, 0.717) is 19.3 Å². The molecule has 0 N–H and O–H groups in total. The van der Waals surface area contributed by atoms with Crippen molar-refractivity contribution in [2.24, 2.45) is 0 Å². The number of unbranched alkanes of at least 4 members (excludes halogenated alkanes) is 23. The highest BCUT2D eigenvalue weighted by Gasteiger charge is 2.19. The molecule has 0 rings (SSSR count). The van der Waals surface area contributed by atoms with Gasteiger partial charge in [-0.3, -0.25) is 14.4 Å². The molecule has 420 valence electrons. The number of ether oxygens (including phenoxy) is 3. The monoisotopic (exact) mass is 1020 g/mol. The summed E-state index contributed by atoms with van der Waals surface area (Å²) in [6.45, 7) is 6.45. The fraction of sp³-hybridized carbons (Fsp3) is 0.662. The van der Waals surface area contributed by atoms with E-state index in [-0.39, 0.29) is 31.1 Å². The van der Waals surface area contributed by atoms with Gasteiger partial charge in [0.05, 0.1) is 0 Å². The minimum atomic E-state index is -0.792. The summed E-state index contributed by atoms with van der Waals surface area (Å²) in [6.07, 6.45) is 84.8. The van der Waals surface area contributed by atoms with Crippen molar-refractivity contribution in [1.82, 2.24) is 0 Å². The van der Waals surface area contributed by atoms with Gasteiger partial charge < -0.3 is 14.2 Å². The third-order valence-electron chi connectivity index (χ3n) is 12.7. The molecule has 0 aromatic carbocycles. The zero-order valence-electron chi connectivity index (χ0n) is 48.1. The lowest BCUT2D eigenvalue weighted by atomic mass is 10.1. The molecule has 0 saturated heterocycles. The lowest BCUT2D eigenvalue weighted by Crippen LogP contribution is -2.30. The van der Waals surface area contributed by atoms with E-state index in [2.05, 4.69) is 142 Å². The van der Waals surface area contributed by atoms with E-state index in [1.807, 2.05) is 0 Å². The van der Waals surface area contributed by atoms with Gasteiger partial charge in [0, 0.05) is 19.3 Å². The van der Waals surface area contributed by atoms with E-state index in [1.165, 1.54) is 83.5 Å². The van der Waals surface area contributed by atoms with E-state index in [4.69, 9.17) is 14.2 Å². The summed E-state index contributed by atoms with van der Waals surface area (Å²) in [6, 6.07) is 0. The average Bonchev–Trinajstić information content (AvgIpc) is 3.40. The number of carbonyl (C=O) groups is 3. The molecule has 0 saturated carbocycles. The summed E-state index contributed by atoms with van der Waals surface area (Å²) < 4.78 is 16.8. The second-order valence-electron chi connectivity index (χ2n) is 19.9. The summed E-state index contributed by atoms with van der Waals surface area (Å²) in [5.41, 5.74) is 0. The maximum atomic E-state index is 12.8. The zero-order valence-corrected chi connectivity index (χ0v) is 48.1. The Morgan fingerprint density at radius 2 is 0.541 bits per heavy atom. The second kappa shape index (κ2) is 61.4. The van der Waals surface area contributed by atoms with E-state index < -0.39 is 6.10 Å². The molecule has 6 nitrogen and oxygen atoms in total. The molecule has 6 heteroatoms. The van der Waals surface area contributed by atoms with E-state index in [1.54, 1.807) is 0 Å². The van der Waals surface area contributed by atoms with Crippen molar-refractivity contribution in [3.05, 3.63) is 122 Å². The molecule has 0 aromatic heterocycles. The van der Waals surface area contributed by atoms with Crippen LogP contribution in [0.5, 0.6) is 0 Å². The minimum Gasteiger partial charge on any atom is -0.462 e. The number of allylic oxidation sites excluding steroid dienone is 20. The Kier molecular flexibility index (Phi) is 57.9. The van der Waals surface area contributed by atoms with Crippen molar-refractivity contribution in [3.8, 4) is 0 Å². The normalized spacial score (nSPS) is 13.0. The van der Waals surface area contributed by atoms with Gasteiger partial charge in [0.15, 0.2) is 6.10 Å².